The number of rotatable bonds is 6. The molecule has 1 aliphatic heterocycles. The summed E-state index contributed by atoms with van der Waals surface area (Å²) < 4.78 is 35.3. The first-order valence-corrected chi connectivity index (χ1v) is 10.6. The smallest absolute Gasteiger partial charge is 0.314 e. The van der Waals surface area contributed by atoms with Crippen molar-refractivity contribution in [2.75, 3.05) is 26.1 Å². The Morgan fingerprint density at radius 1 is 1.14 bits per heavy atom. The SMILES string of the molecule is COC(CNC(=O)C(=O)Nc1c2c(nn1-c1ccc(C)cc1)CS(=O)(=O)C2)OC. The van der Waals surface area contributed by atoms with Crippen molar-refractivity contribution >= 4 is 27.5 Å². The highest BCUT2D eigenvalue weighted by atomic mass is 32.2. The highest BCUT2D eigenvalue weighted by molar-refractivity contribution is 7.90. The van der Waals surface area contributed by atoms with Gasteiger partial charge in [-0.2, -0.15) is 5.10 Å². The fourth-order valence-corrected chi connectivity index (χ4v) is 4.42. The molecule has 156 valence electrons. The normalized spacial score (nSPS) is 14.6. The van der Waals surface area contributed by atoms with Crippen LogP contribution in [0, 0.1) is 6.92 Å². The molecule has 0 fully saturated rings. The van der Waals surface area contributed by atoms with Crippen molar-refractivity contribution in [3.8, 4) is 5.69 Å². The number of carbonyl (C=O) groups excluding carboxylic acids is 2. The molecule has 0 spiro atoms. The predicted octanol–water partition coefficient (Wildman–Crippen LogP) is 0.283. The Kier molecular flexibility index (Phi) is 6.01. The van der Waals surface area contributed by atoms with Gasteiger partial charge in [0.05, 0.1) is 29.4 Å². The molecule has 0 aliphatic carbocycles. The second-order valence-electron chi connectivity index (χ2n) is 6.62. The molecule has 11 heteroatoms. The number of aryl methyl sites for hydroxylation is 1. The summed E-state index contributed by atoms with van der Waals surface area (Å²) in [4.78, 5) is 24.5. The molecule has 29 heavy (non-hydrogen) atoms. The van der Waals surface area contributed by atoms with E-state index < -0.39 is 27.9 Å². The van der Waals surface area contributed by atoms with Gasteiger partial charge in [-0.3, -0.25) is 9.59 Å². The quantitative estimate of drug-likeness (QED) is 0.505. The highest BCUT2D eigenvalue weighted by Crippen LogP contribution is 2.32. The number of sulfone groups is 1. The Hall–Kier alpha value is -2.76. The molecule has 0 saturated heterocycles. The van der Waals surface area contributed by atoms with E-state index in [1.54, 1.807) is 12.1 Å². The van der Waals surface area contributed by atoms with Gasteiger partial charge >= 0.3 is 11.8 Å². The molecule has 10 nitrogen and oxygen atoms in total. The summed E-state index contributed by atoms with van der Waals surface area (Å²) in [6.45, 7) is 1.91. The van der Waals surface area contributed by atoms with Crippen LogP contribution < -0.4 is 10.6 Å². The lowest BCUT2D eigenvalue weighted by Crippen LogP contribution is -2.40. The fourth-order valence-electron chi connectivity index (χ4n) is 2.93. The summed E-state index contributed by atoms with van der Waals surface area (Å²) in [7, 11) is -0.521. The van der Waals surface area contributed by atoms with E-state index >= 15 is 0 Å². The molecule has 2 heterocycles. The molecule has 0 radical (unpaired) electrons. The largest absolute Gasteiger partial charge is 0.354 e. The van der Waals surface area contributed by atoms with E-state index in [9.17, 15) is 18.0 Å². The number of benzene rings is 1. The lowest BCUT2D eigenvalue weighted by molar-refractivity contribution is -0.139. The van der Waals surface area contributed by atoms with Gasteiger partial charge in [0.15, 0.2) is 16.1 Å². The number of nitrogens with zero attached hydrogens (tertiary/aromatic N) is 2. The lowest BCUT2D eigenvalue weighted by atomic mass is 10.2. The van der Waals surface area contributed by atoms with Crippen LogP contribution in [0.2, 0.25) is 0 Å². The number of nitrogens with one attached hydrogen (secondary N) is 2. The van der Waals surface area contributed by atoms with Crippen LogP contribution in [-0.4, -0.2) is 57.1 Å². The van der Waals surface area contributed by atoms with Crippen LogP contribution in [0.5, 0.6) is 0 Å². The average molecular weight is 422 g/mol. The summed E-state index contributed by atoms with van der Waals surface area (Å²) in [5.74, 6) is -2.15. The van der Waals surface area contributed by atoms with Gasteiger partial charge in [-0.05, 0) is 19.1 Å². The first-order chi connectivity index (χ1) is 13.7. The number of ether oxygens (including phenoxy) is 2. The Bertz CT molecular complexity index is 1030. The van der Waals surface area contributed by atoms with Gasteiger partial charge in [-0.1, -0.05) is 17.7 Å². The van der Waals surface area contributed by atoms with Gasteiger partial charge in [0.1, 0.15) is 5.82 Å². The third kappa shape index (κ3) is 4.63. The number of fused-ring (bicyclic) bond motifs is 1. The van der Waals surface area contributed by atoms with Crippen molar-refractivity contribution < 1.29 is 27.5 Å². The first-order valence-electron chi connectivity index (χ1n) is 8.77. The Labute approximate surface area is 168 Å². The maximum absolute atomic E-state index is 12.4. The molecule has 1 aromatic heterocycles. The zero-order valence-corrected chi connectivity index (χ0v) is 17.1. The van der Waals surface area contributed by atoms with Gasteiger partial charge in [0.25, 0.3) is 0 Å². The fraction of sp³-hybridized carbons (Fsp3) is 0.389. The molecule has 2 aromatic rings. The highest BCUT2D eigenvalue weighted by Gasteiger charge is 2.33. The Morgan fingerprint density at radius 2 is 1.79 bits per heavy atom. The molecule has 3 rings (SSSR count). The van der Waals surface area contributed by atoms with E-state index in [4.69, 9.17) is 9.47 Å². The molecule has 1 aromatic carbocycles. The van der Waals surface area contributed by atoms with Crippen LogP contribution in [0.15, 0.2) is 24.3 Å². The van der Waals surface area contributed by atoms with Crippen molar-refractivity contribution in [2.45, 2.75) is 24.7 Å². The van der Waals surface area contributed by atoms with E-state index in [0.717, 1.165) is 5.56 Å². The topological polar surface area (TPSA) is 129 Å². The van der Waals surface area contributed by atoms with Gasteiger partial charge in [-0.15, -0.1) is 0 Å². The van der Waals surface area contributed by atoms with E-state index in [2.05, 4.69) is 15.7 Å². The summed E-state index contributed by atoms with van der Waals surface area (Å²) >= 11 is 0. The van der Waals surface area contributed by atoms with Gasteiger partial charge in [-0.25, -0.2) is 13.1 Å². The Morgan fingerprint density at radius 3 is 2.41 bits per heavy atom. The second-order valence-corrected chi connectivity index (χ2v) is 8.68. The summed E-state index contributed by atoms with van der Waals surface area (Å²) in [5.41, 5.74) is 2.42. The third-order valence-corrected chi connectivity index (χ3v) is 5.90. The first kappa shape index (κ1) is 21.0. The number of anilines is 1. The number of aromatic nitrogens is 2. The van der Waals surface area contributed by atoms with Gasteiger partial charge in [0.2, 0.25) is 0 Å². The van der Waals surface area contributed by atoms with E-state index in [1.165, 1.54) is 18.9 Å². The predicted molar refractivity (Wildman–Crippen MR) is 104 cm³/mol. The third-order valence-electron chi connectivity index (χ3n) is 4.46. The maximum atomic E-state index is 12.4. The molecule has 0 saturated carbocycles. The number of carbonyl (C=O) groups is 2. The van der Waals surface area contributed by atoms with Crippen molar-refractivity contribution in [3.63, 3.8) is 0 Å². The summed E-state index contributed by atoms with van der Waals surface area (Å²) in [5, 5.41) is 9.25. The number of hydrogen-bond donors (Lipinski definition) is 2. The van der Waals surface area contributed by atoms with E-state index in [-0.39, 0.29) is 23.9 Å². The zero-order chi connectivity index (χ0) is 21.2. The number of hydrogen-bond acceptors (Lipinski definition) is 7. The molecule has 1 aliphatic rings. The van der Waals surface area contributed by atoms with Crippen LogP contribution in [0.25, 0.3) is 5.69 Å². The zero-order valence-electron chi connectivity index (χ0n) is 16.3. The van der Waals surface area contributed by atoms with Crippen molar-refractivity contribution in [1.29, 1.82) is 0 Å². The molecule has 2 amide bonds. The molecule has 0 bridgehead atoms. The molecule has 0 atom stereocenters. The van der Waals surface area contributed by atoms with Crippen LogP contribution in [-0.2, 0) is 40.4 Å². The van der Waals surface area contributed by atoms with Crippen LogP contribution >= 0.6 is 0 Å². The van der Waals surface area contributed by atoms with Crippen LogP contribution in [0.1, 0.15) is 16.8 Å². The molecular formula is C18H22N4O6S. The minimum Gasteiger partial charge on any atom is -0.354 e. The van der Waals surface area contributed by atoms with Crippen molar-refractivity contribution in [2.24, 2.45) is 0 Å². The number of amides is 2. The maximum Gasteiger partial charge on any atom is 0.314 e. The van der Waals surface area contributed by atoms with Gasteiger partial charge < -0.3 is 20.1 Å². The lowest BCUT2D eigenvalue weighted by Gasteiger charge is -2.14. The average Bonchev–Trinajstić information content (AvgIpc) is 3.15. The van der Waals surface area contributed by atoms with Gasteiger partial charge in [0, 0.05) is 19.8 Å². The summed E-state index contributed by atoms with van der Waals surface area (Å²) in [6, 6.07) is 7.33. The Balaban J connectivity index is 1.86. The van der Waals surface area contributed by atoms with Crippen LogP contribution in [0.3, 0.4) is 0 Å². The van der Waals surface area contributed by atoms with Crippen molar-refractivity contribution in [1.82, 2.24) is 15.1 Å². The standard InChI is InChI=1S/C18H22N4O6S/c1-11-4-6-12(7-5-11)22-16(13-9-29(25,26)10-14(13)21-22)20-18(24)17(23)19-8-15(27-2)28-3/h4-7,15H,8-10H2,1-3H3,(H,19,23)(H,20,24). The van der Waals surface area contributed by atoms with Crippen molar-refractivity contribution in [3.05, 3.63) is 41.1 Å². The monoisotopic (exact) mass is 422 g/mol. The minimum atomic E-state index is -3.34. The van der Waals surface area contributed by atoms with Crippen LogP contribution in [0.4, 0.5) is 5.82 Å². The van der Waals surface area contributed by atoms with E-state index in [1.807, 2.05) is 19.1 Å². The molecule has 2 N–H and O–H groups in total. The summed E-state index contributed by atoms with van der Waals surface area (Å²) in [6.07, 6.45) is -0.695. The molecule has 0 unspecified atom stereocenters. The van der Waals surface area contributed by atoms with E-state index in [0.29, 0.717) is 16.9 Å². The molecular weight excluding hydrogens is 400 g/mol. The second kappa shape index (κ2) is 8.31. The minimum absolute atomic E-state index is 0.0248. The number of methoxy groups -OCH3 is 2.